The smallest absolute Gasteiger partial charge is 0.191 e. The van der Waals surface area contributed by atoms with E-state index in [1.807, 2.05) is 73.8 Å². The maximum atomic E-state index is 6.01. The summed E-state index contributed by atoms with van der Waals surface area (Å²) < 4.78 is 7.95. The summed E-state index contributed by atoms with van der Waals surface area (Å²) in [5, 5.41) is 14.9. The summed E-state index contributed by atoms with van der Waals surface area (Å²) >= 11 is 0. The Kier molecular flexibility index (Phi) is 6.25. The fourth-order valence-corrected chi connectivity index (χ4v) is 2.68. The molecule has 0 fully saturated rings. The zero-order valence-corrected chi connectivity index (χ0v) is 16.0. The van der Waals surface area contributed by atoms with Crippen LogP contribution in [-0.2, 0) is 6.54 Å². The van der Waals surface area contributed by atoms with Crippen LogP contribution < -0.4 is 15.4 Å². The van der Waals surface area contributed by atoms with E-state index in [1.54, 1.807) is 0 Å². The summed E-state index contributed by atoms with van der Waals surface area (Å²) in [6.45, 7) is 7.98. The second-order valence-corrected chi connectivity index (χ2v) is 6.32. The molecule has 1 atom stereocenters. The van der Waals surface area contributed by atoms with Gasteiger partial charge >= 0.3 is 0 Å². The quantitative estimate of drug-likeness (QED) is 0.496. The van der Waals surface area contributed by atoms with Gasteiger partial charge in [0.1, 0.15) is 18.4 Å². The van der Waals surface area contributed by atoms with Crippen molar-refractivity contribution in [2.75, 3.05) is 13.1 Å². The van der Waals surface area contributed by atoms with Gasteiger partial charge in [-0.1, -0.05) is 24.3 Å². The number of hydrogen-bond acceptors (Lipinski definition) is 4. The van der Waals surface area contributed by atoms with Gasteiger partial charge in [-0.3, -0.25) is 4.40 Å². The number of aliphatic imine (C=N–C) groups is 1. The Balaban J connectivity index is 1.59. The fraction of sp³-hybridized carbons (Fsp3) is 0.350. The molecule has 2 N–H and O–H groups in total. The highest BCUT2D eigenvalue weighted by Crippen LogP contribution is 2.17. The van der Waals surface area contributed by atoms with E-state index in [0.717, 1.165) is 35.3 Å². The lowest BCUT2D eigenvalue weighted by molar-refractivity contribution is 0.222. The highest BCUT2D eigenvalue weighted by atomic mass is 16.5. The van der Waals surface area contributed by atoms with Crippen molar-refractivity contribution in [3.8, 4) is 5.75 Å². The average Bonchev–Trinajstić information content (AvgIpc) is 3.09. The highest BCUT2D eigenvalue weighted by Gasteiger charge is 2.08. The van der Waals surface area contributed by atoms with Gasteiger partial charge in [-0.25, -0.2) is 4.99 Å². The number of hydrogen-bond donors (Lipinski definition) is 2. The van der Waals surface area contributed by atoms with Crippen molar-refractivity contribution in [1.82, 2.24) is 25.2 Å². The number of fused-ring (bicyclic) bond motifs is 1. The van der Waals surface area contributed by atoms with Gasteiger partial charge in [0.15, 0.2) is 17.4 Å². The lowest BCUT2D eigenvalue weighted by atomic mass is 10.2. The molecule has 27 heavy (non-hydrogen) atoms. The summed E-state index contributed by atoms with van der Waals surface area (Å²) in [6.07, 6.45) is 1.95. The third kappa shape index (κ3) is 4.97. The molecule has 1 unspecified atom stereocenters. The van der Waals surface area contributed by atoms with Crippen molar-refractivity contribution in [2.24, 2.45) is 4.99 Å². The van der Waals surface area contributed by atoms with Crippen LogP contribution in [-0.4, -0.2) is 39.8 Å². The standard InChI is InChI=1S/C20H26N6O/c1-4-21-20(22-13-16(3)27-17-10-6-5-9-15(17)2)23-14-19-25-24-18-11-7-8-12-26(18)19/h5-12,16H,4,13-14H2,1-3H3,(H2,21,22,23). The summed E-state index contributed by atoms with van der Waals surface area (Å²) in [4.78, 5) is 4.62. The first kappa shape index (κ1) is 18.7. The van der Waals surface area contributed by atoms with E-state index >= 15 is 0 Å². The van der Waals surface area contributed by atoms with Crippen molar-refractivity contribution in [2.45, 2.75) is 33.4 Å². The van der Waals surface area contributed by atoms with E-state index < -0.39 is 0 Å². The summed E-state index contributed by atoms with van der Waals surface area (Å²) in [5.74, 6) is 2.43. The van der Waals surface area contributed by atoms with Gasteiger partial charge in [0, 0.05) is 12.7 Å². The van der Waals surface area contributed by atoms with Crippen LogP contribution in [0, 0.1) is 6.92 Å². The summed E-state index contributed by atoms with van der Waals surface area (Å²) in [7, 11) is 0. The Morgan fingerprint density at radius 3 is 2.78 bits per heavy atom. The van der Waals surface area contributed by atoms with Crippen LogP contribution in [0.1, 0.15) is 25.2 Å². The number of benzene rings is 1. The lowest BCUT2D eigenvalue weighted by Crippen LogP contribution is -2.41. The van der Waals surface area contributed by atoms with Crippen LogP contribution in [0.4, 0.5) is 0 Å². The Bertz CT molecular complexity index is 904. The largest absolute Gasteiger partial charge is 0.489 e. The normalized spacial score (nSPS) is 12.8. The predicted molar refractivity (Wildman–Crippen MR) is 107 cm³/mol. The van der Waals surface area contributed by atoms with Crippen molar-refractivity contribution in [3.63, 3.8) is 0 Å². The van der Waals surface area contributed by atoms with Crippen LogP contribution in [0.15, 0.2) is 53.7 Å². The van der Waals surface area contributed by atoms with Gasteiger partial charge in [0.25, 0.3) is 0 Å². The Labute approximate surface area is 159 Å². The summed E-state index contributed by atoms with van der Waals surface area (Å²) in [6, 6.07) is 13.8. The Morgan fingerprint density at radius 1 is 1.15 bits per heavy atom. The Morgan fingerprint density at radius 2 is 1.96 bits per heavy atom. The molecule has 0 saturated carbocycles. The number of ether oxygens (including phenoxy) is 1. The first-order valence-electron chi connectivity index (χ1n) is 9.20. The van der Waals surface area contributed by atoms with Crippen LogP contribution in [0.3, 0.4) is 0 Å². The molecule has 0 spiro atoms. The molecular weight excluding hydrogens is 340 g/mol. The molecule has 0 saturated heterocycles. The van der Waals surface area contributed by atoms with E-state index in [1.165, 1.54) is 0 Å². The van der Waals surface area contributed by atoms with E-state index in [-0.39, 0.29) is 6.10 Å². The van der Waals surface area contributed by atoms with Crippen LogP contribution in [0.25, 0.3) is 5.65 Å². The molecule has 0 aliphatic rings. The fourth-order valence-electron chi connectivity index (χ4n) is 2.68. The molecule has 0 radical (unpaired) electrons. The van der Waals surface area contributed by atoms with E-state index in [2.05, 4.69) is 25.8 Å². The van der Waals surface area contributed by atoms with E-state index in [9.17, 15) is 0 Å². The van der Waals surface area contributed by atoms with Crippen molar-refractivity contribution in [1.29, 1.82) is 0 Å². The van der Waals surface area contributed by atoms with E-state index in [4.69, 9.17) is 4.74 Å². The van der Waals surface area contributed by atoms with Gasteiger partial charge in [-0.15, -0.1) is 10.2 Å². The number of rotatable bonds is 7. The van der Waals surface area contributed by atoms with Gasteiger partial charge < -0.3 is 15.4 Å². The van der Waals surface area contributed by atoms with Crippen LogP contribution in [0.2, 0.25) is 0 Å². The van der Waals surface area contributed by atoms with Gasteiger partial charge in [0.05, 0.1) is 6.54 Å². The third-order valence-corrected chi connectivity index (χ3v) is 4.09. The summed E-state index contributed by atoms with van der Waals surface area (Å²) in [5.41, 5.74) is 1.95. The maximum Gasteiger partial charge on any atom is 0.191 e. The number of guanidine groups is 1. The van der Waals surface area contributed by atoms with Gasteiger partial charge in [-0.05, 0) is 44.5 Å². The second kappa shape index (κ2) is 9.02. The monoisotopic (exact) mass is 366 g/mol. The molecule has 0 aliphatic heterocycles. The minimum Gasteiger partial charge on any atom is -0.489 e. The molecule has 3 rings (SSSR count). The molecule has 7 heteroatoms. The zero-order chi connectivity index (χ0) is 19.1. The lowest BCUT2D eigenvalue weighted by Gasteiger charge is -2.18. The molecule has 2 aromatic heterocycles. The number of pyridine rings is 1. The zero-order valence-electron chi connectivity index (χ0n) is 16.0. The SMILES string of the molecule is CCNC(=NCc1nnc2ccccn12)NCC(C)Oc1ccccc1C. The molecule has 7 nitrogen and oxygen atoms in total. The first-order valence-corrected chi connectivity index (χ1v) is 9.20. The van der Waals surface area contributed by atoms with E-state index in [0.29, 0.717) is 13.1 Å². The molecule has 0 aliphatic carbocycles. The average molecular weight is 366 g/mol. The Hall–Kier alpha value is -3.09. The van der Waals surface area contributed by atoms with Gasteiger partial charge in [0.2, 0.25) is 0 Å². The molecule has 142 valence electrons. The molecular formula is C20H26N6O. The highest BCUT2D eigenvalue weighted by molar-refractivity contribution is 5.79. The van der Waals surface area contributed by atoms with Crippen LogP contribution >= 0.6 is 0 Å². The van der Waals surface area contributed by atoms with Crippen molar-refractivity contribution >= 4 is 11.6 Å². The minimum atomic E-state index is 0.00359. The molecule has 2 heterocycles. The molecule has 3 aromatic rings. The predicted octanol–water partition coefficient (Wildman–Crippen LogP) is 2.56. The number of aryl methyl sites for hydroxylation is 1. The number of aromatic nitrogens is 3. The number of para-hydroxylation sites is 1. The molecule has 0 bridgehead atoms. The number of nitrogens with one attached hydrogen (secondary N) is 2. The first-order chi connectivity index (χ1) is 13.2. The van der Waals surface area contributed by atoms with Crippen LogP contribution in [0.5, 0.6) is 5.75 Å². The van der Waals surface area contributed by atoms with Crippen molar-refractivity contribution < 1.29 is 4.74 Å². The second-order valence-electron chi connectivity index (χ2n) is 6.32. The van der Waals surface area contributed by atoms with Crippen molar-refractivity contribution in [3.05, 3.63) is 60.0 Å². The molecule has 1 aromatic carbocycles. The number of nitrogens with zero attached hydrogens (tertiary/aromatic N) is 4. The van der Waals surface area contributed by atoms with Gasteiger partial charge in [-0.2, -0.15) is 0 Å². The maximum absolute atomic E-state index is 6.01. The third-order valence-electron chi connectivity index (χ3n) is 4.09. The topological polar surface area (TPSA) is 75.8 Å². The molecule has 0 amide bonds. The minimum absolute atomic E-state index is 0.00359.